The summed E-state index contributed by atoms with van der Waals surface area (Å²) < 4.78 is 38.7. The van der Waals surface area contributed by atoms with Crippen molar-refractivity contribution in [2.45, 2.75) is 111 Å². The molecule has 0 aromatic heterocycles. The molecule has 0 aromatic rings. The second-order valence-electron chi connectivity index (χ2n) is 12.2. The molecule has 14 unspecified atom stereocenters. The Hall–Kier alpha value is -1.78. The average molecular weight is 679 g/mol. The molecule has 0 bridgehead atoms. The van der Waals surface area contributed by atoms with Gasteiger partial charge >= 0.3 is 0 Å². The van der Waals surface area contributed by atoms with E-state index in [1.54, 1.807) is 0 Å². The van der Waals surface area contributed by atoms with Crippen LogP contribution < -0.4 is 0 Å². The van der Waals surface area contributed by atoms with Crippen LogP contribution in [0, 0.1) is 0 Å². The first kappa shape index (κ1) is 38.0. The van der Waals surface area contributed by atoms with Crippen molar-refractivity contribution in [1.82, 2.24) is 0 Å². The van der Waals surface area contributed by atoms with Crippen LogP contribution in [0.2, 0.25) is 0 Å². The van der Waals surface area contributed by atoms with Crippen LogP contribution in [-0.2, 0) is 42.7 Å². The van der Waals surface area contributed by atoms with Crippen molar-refractivity contribution in [2.75, 3.05) is 40.6 Å². The lowest BCUT2D eigenvalue weighted by atomic mass is 9.85. The summed E-state index contributed by atoms with van der Waals surface area (Å²) in [4.78, 5) is 23.4. The summed E-state index contributed by atoms with van der Waals surface area (Å²) in [5.74, 6) is -0.429. The first-order valence-corrected chi connectivity index (χ1v) is 15.4. The standard InChI is InChI=1S/C30H46O17/c1-41-19-11-15(33)3-5-29(19,39)7-9-43-25-17(13-31)46-28(24(38)21(25)35)47-26-18(14-32)45-27(23(37)22(26)36)44-10-8-30(40)6-4-16(34)12-20(30)42-2/h3-6,17-28,31-32,35-40H,7-14H2,1-2H3. The maximum atomic E-state index is 11.7. The summed E-state index contributed by atoms with van der Waals surface area (Å²) in [5.41, 5.74) is -3.08. The van der Waals surface area contributed by atoms with Crippen molar-refractivity contribution < 1.29 is 83.6 Å². The number of allylic oxidation sites excluding steroid dienone is 2. The molecule has 0 spiro atoms. The quantitative estimate of drug-likeness (QED) is 0.0870. The van der Waals surface area contributed by atoms with Gasteiger partial charge in [0.05, 0.1) is 38.6 Å². The normalized spacial score (nSPS) is 44.2. The molecule has 4 rings (SSSR count). The van der Waals surface area contributed by atoms with E-state index in [1.165, 1.54) is 38.5 Å². The number of carbonyl (C=O) groups excluding carboxylic acids is 2. The lowest BCUT2D eigenvalue weighted by Gasteiger charge is -2.46. The molecule has 0 radical (unpaired) electrons. The number of ether oxygens (including phenoxy) is 7. The van der Waals surface area contributed by atoms with Crippen molar-refractivity contribution in [2.24, 2.45) is 0 Å². The van der Waals surface area contributed by atoms with Crippen LogP contribution in [0.1, 0.15) is 25.7 Å². The summed E-state index contributed by atoms with van der Waals surface area (Å²) in [6, 6.07) is 0. The molecule has 2 saturated heterocycles. The van der Waals surface area contributed by atoms with Gasteiger partial charge in [-0.2, -0.15) is 0 Å². The van der Waals surface area contributed by atoms with E-state index in [-0.39, 0.29) is 50.5 Å². The Kier molecular flexibility index (Phi) is 13.2. The first-order valence-electron chi connectivity index (χ1n) is 15.4. The number of methoxy groups -OCH3 is 2. The topological polar surface area (TPSA) is 261 Å². The highest BCUT2D eigenvalue weighted by Crippen LogP contribution is 2.33. The molecule has 17 heteroatoms. The van der Waals surface area contributed by atoms with Gasteiger partial charge in [-0.25, -0.2) is 0 Å². The number of aliphatic hydroxyl groups excluding tert-OH is 6. The Morgan fingerprint density at radius 3 is 1.66 bits per heavy atom. The van der Waals surface area contributed by atoms with Crippen LogP contribution in [0.15, 0.2) is 24.3 Å². The number of carbonyl (C=O) groups is 2. The highest BCUT2D eigenvalue weighted by Gasteiger charge is 2.52. The molecule has 2 aliphatic carbocycles. The van der Waals surface area contributed by atoms with Gasteiger partial charge in [-0.1, -0.05) is 0 Å². The summed E-state index contributed by atoms with van der Waals surface area (Å²) in [6.45, 7) is -1.83. The number of hydrogen-bond donors (Lipinski definition) is 8. The van der Waals surface area contributed by atoms with Gasteiger partial charge in [0.2, 0.25) is 0 Å². The zero-order valence-electron chi connectivity index (χ0n) is 26.1. The molecule has 4 aliphatic rings. The zero-order valence-corrected chi connectivity index (χ0v) is 26.1. The fourth-order valence-corrected chi connectivity index (χ4v) is 6.19. The zero-order chi connectivity index (χ0) is 34.5. The Bertz CT molecular complexity index is 1110. The van der Waals surface area contributed by atoms with Gasteiger partial charge in [-0.15, -0.1) is 0 Å². The highest BCUT2D eigenvalue weighted by atomic mass is 16.7. The first-order chi connectivity index (χ1) is 22.3. The Morgan fingerprint density at radius 1 is 0.702 bits per heavy atom. The Labute approximate surface area is 270 Å². The van der Waals surface area contributed by atoms with Crippen molar-refractivity contribution >= 4 is 11.6 Å². The molecule has 0 aromatic carbocycles. The number of hydrogen-bond acceptors (Lipinski definition) is 17. The fourth-order valence-electron chi connectivity index (χ4n) is 6.19. The van der Waals surface area contributed by atoms with Crippen molar-refractivity contribution in [3.63, 3.8) is 0 Å². The van der Waals surface area contributed by atoms with E-state index >= 15 is 0 Å². The third-order valence-corrected chi connectivity index (χ3v) is 9.10. The van der Waals surface area contributed by atoms with Gasteiger partial charge in [0, 0.05) is 39.9 Å². The molecule has 0 saturated carbocycles. The SMILES string of the molecule is COC1CC(=O)C=CC1(O)CCOC1OC(CO)C(OC2OC(CO)C(OCCC3(O)C=CC(=O)CC3OC)C(O)C2O)C(O)C1O. The number of ketones is 2. The van der Waals surface area contributed by atoms with Crippen LogP contribution in [0.25, 0.3) is 0 Å². The van der Waals surface area contributed by atoms with Gasteiger partial charge in [0.1, 0.15) is 60.0 Å². The van der Waals surface area contributed by atoms with Crippen LogP contribution in [0.4, 0.5) is 0 Å². The van der Waals surface area contributed by atoms with Gasteiger partial charge in [-0.05, 0) is 24.3 Å². The van der Waals surface area contributed by atoms with Crippen LogP contribution in [0.3, 0.4) is 0 Å². The molecule has 2 aliphatic heterocycles. The van der Waals surface area contributed by atoms with E-state index in [4.69, 9.17) is 33.2 Å². The van der Waals surface area contributed by atoms with E-state index in [0.717, 1.165) is 0 Å². The third-order valence-electron chi connectivity index (χ3n) is 9.10. The second-order valence-corrected chi connectivity index (χ2v) is 12.2. The molecule has 2 fully saturated rings. The highest BCUT2D eigenvalue weighted by molar-refractivity contribution is 5.91. The van der Waals surface area contributed by atoms with Crippen molar-refractivity contribution in [3.8, 4) is 0 Å². The van der Waals surface area contributed by atoms with Crippen molar-refractivity contribution in [3.05, 3.63) is 24.3 Å². The minimum Gasteiger partial charge on any atom is -0.394 e. The van der Waals surface area contributed by atoms with Crippen LogP contribution >= 0.6 is 0 Å². The molecule has 8 N–H and O–H groups in total. The summed E-state index contributed by atoms with van der Waals surface area (Å²) >= 11 is 0. The maximum Gasteiger partial charge on any atom is 0.187 e. The van der Waals surface area contributed by atoms with Crippen LogP contribution in [0.5, 0.6) is 0 Å². The third kappa shape index (κ3) is 8.51. The molecule has 14 atom stereocenters. The smallest absolute Gasteiger partial charge is 0.187 e. The number of aliphatic hydroxyl groups is 8. The van der Waals surface area contributed by atoms with Crippen molar-refractivity contribution in [1.29, 1.82) is 0 Å². The summed E-state index contributed by atoms with van der Waals surface area (Å²) in [5, 5.41) is 85.2. The molecule has 17 nitrogen and oxygen atoms in total. The predicted octanol–water partition coefficient (Wildman–Crippen LogP) is -4.02. The van der Waals surface area contributed by atoms with Crippen LogP contribution in [-0.4, -0.2) is 178 Å². The molecule has 0 amide bonds. The molecule has 47 heavy (non-hydrogen) atoms. The maximum absolute atomic E-state index is 11.7. The predicted molar refractivity (Wildman–Crippen MR) is 154 cm³/mol. The monoisotopic (exact) mass is 678 g/mol. The fraction of sp³-hybridized carbons (Fsp3) is 0.800. The largest absolute Gasteiger partial charge is 0.394 e. The molecule has 268 valence electrons. The minimum absolute atomic E-state index is 0.0386. The van der Waals surface area contributed by atoms with E-state index in [1.807, 2.05) is 0 Å². The van der Waals surface area contributed by atoms with E-state index in [0.29, 0.717) is 0 Å². The van der Waals surface area contributed by atoms with Gasteiger partial charge < -0.3 is 74.0 Å². The summed E-state index contributed by atoms with van der Waals surface area (Å²) in [6.07, 6.45) is -12.3. The lowest BCUT2D eigenvalue weighted by molar-refractivity contribution is -0.362. The van der Waals surface area contributed by atoms with E-state index in [9.17, 15) is 50.4 Å². The van der Waals surface area contributed by atoms with Gasteiger partial charge in [0.15, 0.2) is 24.1 Å². The lowest BCUT2D eigenvalue weighted by Crippen LogP contribution is -2.65. The molecule has 2 heterocycles. The van der Waals surface area contributed by atoms with E-state index in [2.05, 4.69) is 0 Å². The Balaban J connectivity index is 1.33. The summed E-state index contributed by atoms with van der Waals surface area (Å²) in [7, 11) is 2.70. The van der Waals surface area contributed by atoms with Gasteiger partial charge in [-0.3, -0.25) is 9.59 Å². The molecular formula is C30H46O17. The van der Waals surface area contributed by atoms with E-state index < -0.39 is 98.0 Å². The molecular weight excluding hydrogens is 632 g/mol. The van der Waals surface area contributed by atoms with Gasteiger partial charge in [0.25, 0.3) is 0 Å². The average Bonchev–Trinajstić information content (AvgIpc) is 3.05. The number of rotatable bonds is 14. The Morgan fingerprint density at radius 2 is 1.15 bits per heavy atom. The second kappa shape index (κ2) is 16.3. The minimum atomic E-state index is -1.80.